The fourth-order valence-corrected chi connectivity index (χ4v) is 2.49. The molecule has 0 aliphatic rings. The van der Waals surface area contributed by atoms with Crippen molar-refractivity contribution in [3.63, 3.8) is 0 Å². The quantitative estimate of drug-likeness (QED) is 0.266. The number of amidine groups is 1. The molecule has 6 heteroatoms. The van der Waals surface area contributed by atoms with Gasteiger partial charge in [0.25, 0.3) is 0 Å². The highest BCUT2D eigenvalue weighted by Gasteiger charge is 2.05. The smallest absolute Gasteiger partial charge is 0.200 e. The molecule has 26 heavy (non-hydrogen) atoms. The van der Waals surface area contributed by atoms with Crippen molar-refractivity contribution in [1.82, 2.24) is 0 Å². The molecule has 0 aliphatic carbocycles. The number of hydrogen-bond acceptors (Lipinski definition) is 3. The molecule has 0 saturated heterocycles. The van der Waals surface area contributed by atoms with Crippen molar-refractivity contribution in [3.05, 3.63) is 82.4 Å². The highest BCUT2D eigenvalue weighted by molar-refractivity contribution is 5.99. The number of nitrogens with zero attached hydrogens (tertiary/aromatic N) is 3. The van der Waals surface area contributed by atoms with Crippen LogP contribution in [0.2, 0.25) is 0 Å². The second kappa shape index (κ2) is 9.36. The molecular formula is C20H20F2N4. The van der Waals surface area contributed by atoms with Crippen LogP contribution in [0.1, 0.15) is 29.2 Å². The van der Waals surface area contributed by atoms with Crippen LogP contribution >= 0.6 is 0 Å². The van der Waals surface area contributed by atoms with Crippen molar-refractivity contribution < 1.29 is 8.78 Å². The normalized spacial score (nSPS) is 12.7. The van der Waals surface area contributed by atoms with Gasteiger partial charge in [-0.15, -0.1) is 5.11 Å². The molecule has 2 aromatic rings. The molecule has 0 amide bonds. The van der Waals surface area contributed by atoms with Crippen molar-refractivity contribution >= 4 is 18.0 Å². The molecule has 0 heterocycles. The summed E-state index contributed by atoms with van der Waals surface area (Å²) in [5, 5.41) is 11.2. The SMILES string of the molecule is C/C=C\c1cc(C(/N=N\C)=N/N)ccc1/C=C\Cc1cc(F)cc(F)c1. The standard InChI is InChI=1S/C20H20F2N4/c1-3-5-16-12-17(20(25-23)26-24-2)9-8-15(16)7-4-6-14-10-18(21)13-19(22)11-14/h3-5,7-13H,6,23H2,1-2H3/b5-3-,7-4-,25-20-,26-24-. The molecule has 134 valence electrons. The van der Waals surface area contributed by atoms with Gasteiger partial charge < -0.3 is 5.84 Å². The molecule has 0 saturated carbocycles. The third-order valence-electron chi connectivity index (χ3n) is 3.58. The van der Waals surface area contributed by atoms with E-state index in [1.807, 2.05) is 49.4 Å². The molecule has 4 nitrogen and oxygen atoms in total. The number of hydrogen-bond donors (Lipinski definition) is 1. The summed E-state index contributed by atoms with van der Waals surface area (Å²) in [4.78, 5) is 0. The van der Waals surface area contributed by atoms with Crippen LogP contribution in [-0.2, 0) is 6.42 Å². The Hall–Kier alpha value is -3.15. The number of hydrazone groups is 1. The Morgan fingerprint density at radius 2 is 1.77 bits per heavy atom. The Kier molecular flexibility index (Phi) is 6.91. The predicted molar refractivity (Wildman–Crippen MR) is 102 cm³/mol. The van der Waals surface area contributed by atoms with Crippen LogP contribution in [0.25, 0.3) is 12.2 Å². The first-order valence-electron chi connectivity index (χ1n) is 8.03. The second-order valence-electron chi connectivity index (χ2n) is 5.48. The van der Waals surface area contributed by atoms with Gasteiger partial charge in [-0.2, -0.15) is 10.2 Å². The van der Waals surface area contributed by atoms with E-state index in [-0.39, 0.29) is 0 Å². The lowest BCUT2D eigenvalue weighted by atomic mass is 10.0. The topological polar surface area (TPSA) is 63.1 Å². The molecule has 2 N–H and O–H groups in total. The van der Waals surface area contributed by atoms with Crippen LogP contribution in [0.4, 0.5) is 8.78 Å². The average Bonchev–Trinajstić information content (AvgIpc) is 2.60. The highest BCUT2D eigenvalue weighted by atomic mass is 19.1. The van der Waals surface area contributed by atoms with E-state index in [4.69, 9.17) is 5.84 Å². The summed E-state index contributed by atoms with van der Waals surface area (Å²) >= 11 is 0. The summed E-state index contributed by atoms with van der Waals surface area (Å²) in [7, 11) is 1.55. The van der Waals surface area contributed by atoms with E-state index in [2.05, 4.69) is 15.3 Å². The van der Waals surface area contributed by atoms with Gasteiger partial charge in [0.05, 0.1) is 0 Å². The number of benzene rings is 2. The van der Waals surface area contributed by atoms with E-state index in [0.29, 0.717) is 17.8 Å². The lowest BCUT2D eigenvalue weighted by Crippen LogP contribution is -2.01. The fourth-order valence-electron chi connectivity index (χ4n) is 2.49. The van der Waals surface area contributed by atoms with Gasteiger partial charge in [0.15, 0.2) is 5.84 Å². The maximum Gasteiger partial charge on any atom is 0.200 e. The summed E-state index contributed by atoms with van der Waals surface area (Å²) < 4.78 is 26.5. The van der Waals surface area contributed by atoms with E-state index >= 15 is 0 Å². The van der Waals surface area contributed by atoms with Crippen molar-refractivity contribution in [2.75, 3.05) is 7.05 Å². The summed E-state index contributed by atoms with van der Waals surface area (Å²) in [5.74, 6) is 4.54. The largest absolute Gasteiger partial charge is 0.321 e. The molecule has 0 aromatic heterocycles. The average molecular weight is 354 g/mol. The third-order valence-corrected chi connectivity index (χ3v) is 3.58. The van der Waals surface area contributed by atoms with Gasteiger partial charge in [-0.05, 0) is 48.2 Å². The monoisotopic (exact) mass is 354 g/mol. The minimum atomic E-state index is -0.578. The fraction of sp³-hybridized carbons (Fsp3) is 0.150. The maximum absolute atomic E-state index is 13.2. The Labute approximate surface area is 151 Å². The Balaban J connectivity index is 2.28. The lowest BCUT2D eigenvalue weighted by molar-refractivity contribution is 0.580. The Morgan fingerprint density at radius 1 is 1.04 bits per heavy atom. The van der Waals surface area contributed by atoms with Gasteiger partial charge in [-0.1, -0.05) is 36.4 Å². The summed E-state index contributed by atoms with van der Waals surface area (Å²) in [6.45, 7) is 1.92. The van der Waals surface area contributed by atoms with Crippen LogP contribution in [0.5, 0.6) is 0 Å². The molecule has 0 unspecified atom stereocenters. The van der Waals surface area contributed by atoms with E-state index < -0.39 is 11.6 Å². The predicted octanol–water partition coefficient (Wildman–Crippen LogP) is 4.96. The summed E-state index contributed by atoms with van der Waals surface area (Å²) in [5.41, 5.74) is 3.21. The van der Waals surface area contributed by atoms with Gasteiger partial charge in [0.1, 0.15) is 11.6 Å². The molecule has 0 radical (unpaired) electrons. The molecule has 0 aliphatic heterocycles. The van der Waals surface area contributed by atoms with Crippen LogP contribution < -0.4 is 5.84 Å². The van der Waals surface area contributed by atoms with Gasteiger partial charge in [0.2, 0.25) is 0 Å². The van der Waals surface area contributed by atoms with Crippen LogP contribution in [0.15, 0.2) is 63.9 Å². The minimum Gasteiger partial charge on any atom is -0.321 e. The molecule has 2 rings (SSSR count). The van der Waals surface area contributed by atoms with E-state index in [0.717, 1.165) is 22.8 Å². The van der Waals surface area contributed by atoms with Gasteiger partial charge in [-0.25, -0.2) is 8.78 Å². The Morgan fingerprint density at radius 3 is 2.38 bits per heavy atom. The minimum absolute atomic E-state index is 0.337. The first-order chi connectivity index (χ1) is 12.6. The molecule has 2 aromatic carbocycles. The molecule has 0 atom stereocenters. The zero-order chi connectivity index (χ0) is 18.9. The molecule has 0 bridgehead atoms. The van der Waals surface area contributed by atoms with Crippen LogP contribution in [0.3, 0.4) is 0 Å². The first-order valence-corrected chi connectivity index (χ1v) is 8.03. The number of azo groups is 1. The van der Waals surface area contributed by atoms with Gasteiger partial charge in [-0.3, -0.25) is 0 Å². The zero-order valence-electron chi connectivity index (χ0n) is 14.7. The van der Waals surface area contributed by atoms with Gasteiger partial charge >= 0.3 is 0 Å². The second-order valence-corrected chi connectivity index (χ2v) is 5.48. The molecule has 0 spiro atoms. The third kappa shape index (κ3) is 5.17. The van der Waals surface area contributed by atoms with Crippen molar-refractivity contribution in [3.8, 4) is 0 Å². The highest BCUT2D eigenvalue weighted by Crippen LogP contribution is 2.18. The first kappa shape index (κ1) is 19.2. The number of halogens is 2. The summed E-state index contributed by atoms with van der Waals surface area (Å²) in [6.07, 6.45) is 8.05. The van der Waals surface area contributed by atoms with Crippen molar-refractivity contribution in [1.29, 1.82) is 0 Å². The van der Waals surface area contributed by atoms with Crippen molar-refractivity contribution in [2.24, 2.45) is 21.2 Å². The van der Waals surface area contributed by atoms with Crippen LogP contribution in [0, 0.1) is 11.6 Å². The molecular weight excluding hydrogens is 334 g/mol. The van der Waals surface area contributed by atoms with E-state index in [9.17, 15) is 8.78 Å². The number of allylic oxidation sites excluding steroid dienone is 2. The van der Waals surface area contributed by atoms with Crippen LogP contribution in [-0.4, -0.2) is 12.9 Å². The van der Waals surface area contributed by atoms with E-state index in [1.54, 1.807) is 7.05 Å². The number of rotatable bonds is 5. The summed E-state index contributed by atoms with van der Waals surface area (Å²) in [6, 6.07) is 9.16. The maximum atomic E-state index is 13.2. The number of nitrogens with two attached hydrogens (primary N) is 1. The zero-order valence-corrected chi connectivity index (χ0v) is 14.7. The Bertz CT molecular complexity index is 863. The lowest BCUT2D eigenvalue weighted by Gasteiger charge is -2.05. The molecule has 0 fully saturated rings. The van der Waals surface area contributed by atoms with Gasteiger partial charge in [0, 0.05) is 18.7 Å². The van der Waals surface area contributed by atoms with Crippen molar-refractivity contribution in [2.45, 2.75) is 13.3 Å². The van der Waals surface area contributed by atoms with E-state index in [1.165, 1.54) is 12.1 Å².